The van der Waals surface area contributed by atoms with Gasteiger partial charge < -0.3 is 16.2 Å². The molecule has 1 saturated carbocycles. The Labute approximate surface area is 101 Å². The van der Waals surface area contributed by atoms with Crippen LogP contribution in [0.5, 0.6) is 0 Å². The minimum atomic E-state index is -0.319. The van der Waals surface area contributed by atoms with Gasteiger partial charge in [-0.1, -0.05) is 30.3 Å². The molecule has 0 bridgehead atoms. The average molecular weight is 234 g/mol. The summed E-state index contributed by atoms with van der Waals surface area (Å²) in [6, 6.07) is 9.33. The number of hydrogen-bond acceptors (Lipinski definition) is 3. The van der Waals surface area contributed by atoms with Crippen molar-refractivity contribution in [3.8, 4) is 0 Å². The van der Waals surface area contributed by atoms with Gasteiger partial charge in [0.1, 0.15) is 0 Å². The average Bonchev–Trinajstić information content (AvgIpc) is 2.33. The summed E-state index contributed by atoms with van der Waals surface area (Å²) in [5.74, 6) is 0.0114. The van der Waals surface area contributed by atoms with Crippen molar-refractivity contribution in [2.75, 3.05) is 6.61 Å². The van der Waals surface area contributed by atoms with Gasteiger partial charge in [-0.15, -0.1) is 0 Å². The highest BCUT2D eigenvalue weighted by atomic mass is 16.3. The Hall–Kier alpha value is -1.39. The SMILES string of the molecule is NC1CC(C(=O)NC(CO)c2ccccc2)C1. The molecule has 92 valence electrons. The highest BCUT2D eigenvalue weighted by molar-refractivity contribution is 5.80. The van der Waals surface area contributed by atoms with Gasteiger partial charge in [0.25, 0.3) is 0 Å². The van der Waals surface area contributed by atoms with E-state index in [0.29, 0.717) is 0 Å². The molecule has 0 heterocycles. The van der Waals surface area contributed by atoms with Crippen LogP contribution in [0.25, 0.3) is 0 Å². The van der Waals surface area contributed by atoms with Crippen molar-refractivity contribution >= 4 is 5.91 Å². The molecule has 0 aliphatic heterocycles. The molecular formula is C13H18N2O2. The number of benzene rings is 1. The molecule has 0 saturated heterocycles. The fourth-order valence-electron chi connectivity index (χ4n) is 2.09. The number of rotatable bonds is 4. The first-order valence-corrected chi connectivity index (χ1v) is 5.92. The molecular weight excluding hydrogens is 216 g/mol. The molecule has 0 spiro atoms. The molecule has 0 radical (unpaired) electrons. The number of hydrogen-bond donors (Lipinski definition) is 3. The van der Waals surface area contributed by atoms with Crippen LogP contribution in [0.3, 0.4) is 0 Å². The second-order valence-corrected chi connectivity index (χ2v) is 4.58. The summed E-state index contributed by atoms with van der Waals surface area (Å²) in [5.41, 5.74) is 6.57. The van der Waals surface area contributed by atoms with Crippen molar-refractivity contribution in [3.63, 3.8) is 0 Å². The van der Waals surface area contributed by atoms with Gasteiger partial charge in [-0.05, 0) is 18.4 Å². The predicted molar refractivity (Wildman–Crippen MR) is 65.1 cm³/mol. The molecule has 1 aliphatic rings. The van der Waals surface area contributed by atoms with E-state index in [1.165, 1.54) is 0 Å². The van der Waals surface area contributed by atoms with Crippen molar-refractivity contribution < 1.29 is 9.90 Å². The number of nitrogens with two attached hydrogens (primary N) is 1. The number of amides is 1. The van der Waals surface area contributed by atoms with E-state index < -0.39 is 0 Å². The van der Waals surface area contributed by atoms with Crippen LogP contribution < -0.4 is 11.1 Å². The summed E-state index contributed by atoms with van der Waals surface area (Å²) in [4.78, 5) is 11.8. The van der Waals surface area contributed by atoms with Gasteiger partial charge in [0.15, 0.2) is 0 Å². The van der Waals surface area contributed by atoms with Crippen molar-refractivity contribution in [2.24, 2.45) is 11.7 Å². The molecule has 4 N–H and O–H groups in total. The first-order chi connectivity index (χ1) is 8.20. The minimum Gasteiger partial charge on any atom is -0.394 e. The van der Waals surface area contributed by atoms with Gasteiger partial charge in [0, 0.05) is 12.0 Å². The van der Waals surface area contributed by atoms with E-state index in [2.05, 4.69) is 5.32 Å². The van der Waals surface area contributed by atoms with Crippen LogP contribution in [0.1, 0.15) is 24.4 Å². The summed E-state index contributed by atoms with van der Waals surface area (Å²) >= 11 is 0. The molecule has 1 fully saturated rings. The van der Waals surface area contributed by atoms with E-state index in [4.69, 9.17) is 5.73 Å². The van der Waals surface area contributed by atoms with Gasteiger partial charge in [-0.25, -0.2) is 0 Å². The molecule has 4 heteroatoms. The molecule has 1 unspecified atom stereocenters. The highest BCUT2D eigenvalue weighted by Gasteiger charge is 2.32. The van der Waals surface area contributed by atoms with Crippen molar-refractivity contribution in [1.82, 2.24) is 5.32 Å². The fourth-order valence-corrected chi connectivity index (χ4v) is 2.09. The lowest BCUT2D eigenvalue weighted by atomic mass is 9.80. The third-order valence-corrected chi connectivity index (χ3v) is 3.25. The Kier molecular flexibility index (Phi) is 3.76. The quantitative estimate of drug-likeness (QED) is 0.713. The van der Waals surface area contributed by atoms with Crippen LogP contribution in [-0.2, 0) is 4.79 Å². The molecule has 1 aromatic carbocycles. The molecule has 1 aromatic rings. The monoisotopic (exact) mass is 234 g/mol. The van der Waals surface area contributed by atoms with E-state index in [-0.39, 0.29) is 30.5 Å². The van der Waals surface area contributed by atoms with E-state index in [1.807, 2.05) is 30.3 Å². The van der Waals surface area contributed by atoms with E-state index >= 15 is 0 Å². The maximum Gasteiger partial charge on any atom is 0.223 e. The number of aliphatic hydroxyl groups is 1. The molecule has 17 heavy (non-hydrogen) atoms. The largest absolute Gasteiger partial charge is 0.394 e. The van der Waals surface area contributed by atoms with E-state index in [1.54, 1.807) is 0 Å². The zero-order valence-corrected chi connectivity index (χ0v) is 9.67. The normalized spacial score (nSPS) is 24.8. The van der Waals surface area contributed by atoms with Crippen LogP contribution in [0.15, 0.2) is 30.3 Å². The van der Waals surface area contributed by atoms with E-state index in [9.17, 15) is 9.90 Å². The number of aliphatic hydroxyl groups excluding tert-OH is 1. The Bertz CT molecular complexity index is 374. The zero-order valence-electron chi connectivity index (χ0n) is 9.67. The number of nitrogens with one attached hydrogen (secondary N) is 1. The first-order valence-electron chi connectivity index (χ1n) is 5.92. The van der Waals surface area contributed by atoms with Crippen LogP contribution in [0.4, 0.5) is 0 Å². The Morgan fingerprint density at radius 3 is 2.59 bits per heavy atom. The lowest BCUT2D eigenvalue weighted by Crippen LogP contribution is -2.46. The summed E-state index contributed by atoms with van der Waals surface area (Å²) in [5, 5.41) is 12.2. The van der Waals surface area contributed by atoms with Gasteiger partial charge in [-0.3, -0.25) is 4.79 Å². The maximum atomic E-state index is 11.8. The summed E-state index contributed by atoms with van der Waals surface area (Å²) in [7, 11) is 0. The smallest absolute Gasteiger partial charge is 0.223 e. The molecule has 2 rings (SSSR count). The fraction of sp³-hybridized carbons (Fsp3) is 0.462. The van der Waals surface area contributed by atoms with Crippen molar-refractivity contribution in [2.45, 2.75) is 24.9 Å². The highest BCUT2D eigenvalue weighted by Crippen LogP contribution is 2.26. The third-order valence-electron chi connectivity index (χ3n) is 3.25. The Morgan fingerprint density at radius 1 is 1.41 bits per heavy atom. The van der Waals surface area contributed by atoms with Gasteiger partial charge in [0.2, 0.25) is 5.91 Å². The first kappa shape index (κ1) is 12.1. The Morgan fingerprint density at radius 2 is 2.06 bits per heavy atom. The maximum absolute atomic E-state index is 11.8. The van der Waals surface area contributed by atoms with Crippen LogP contribution >= 0.6 is 0 Å². The lowest BCUT2D eigenvalue weighted by molar-refractivity contribution is -0.129. The Balaban J connectivity index is 1.94. The number of carbonyl (C=O) groups excluding carboxylic acids is 1. The molecule has 1 amide bonds. The number of carbonyl (C=O) groups is 1. The lowest BCUT2D eigenvalue weighted by Gasteiger charge is -2.32. The molecule has 4 nitrogen and oxygen atoms in total. The topological polar surface area (TPSA) is 75.4 Å². The third kappa shape index (κ3) is 2.84. The minimum absolute atomic E-state index is 0.00500. The van der Waals surface area contributed by atoms with Gasteiger partial charge in [-0.2, -0.15) is 0 Å². The summed E-state index contributed by atoms with van der Waals surface area (Å²) in [6.45, 7) is -0.0888. The molecule has 1 aliphatic carbocycles. The summed E-state index contributed by atoms with van der Waals surface area (Å²) in [6.07, 6.45) is 1.50. The second kappa shape index (κ2) is 5.29. The van der Waals surface area contributed by atoms with Crippen LogP contribution in [-0.4, -0.2) is 23.7 Å². The summed E-state index contributed by atoms with van der Waals surface area (Å²) < 4.78 is 0. The standard InChI is InChI=1S/C13H18N2O2/c14-11-6-10(7-11)13(17)15-12(8-16)9-4-2-1-3-5-9/h1-5,10-12,16H,6-8,14H2,(H,15,17). The second-order valence-electron chi connectivity index (χ2n) is 4.58. The van der Waals surface area contributed by atoms with Gasteiger partial charge >= 0.3 is 0 Å². The molecule has 1 atom stereocenters. The molecule has 0 aromatic heterocycles. The van der Waals surface area contributed by atoms with Crippen molar-refractivity contribution in [1.29, 1.82) is 0 Å². The van der Waals surface area contributed by atoms with E-state index in [0.717, 1.165) is 18.4 Å². The van der Waals surface area contributed by atoms with Crippen molar-refractivity contribution in [3.05, 3.63) is 35.9 Å². The van der Waals surface area contributed by atoms with Crippen LogP contribution in [0, 0.1) is 5.92 Å². The van der Waals surface area contributed by atoms with Crippen LogP contribution in [0.2, 0.25) is 0 Å². The van der Waals surface area contributed by atoms with Gasteiger partial charge in [0.05, 0.1) is 12.6 Å². The zero-order chi connectivity index (χ0) is 12.3. The predicted octanol–water partition coefficient (Wildman–Crippen LogP) is 0.573.